The maximum absolute atomic E-state index is 5.64. The molecule has 1 aliphatic rings. The first-order chi connectivity index (χ1) is 8.49. The lowest BCUT2D eigenvalue weighted by atomic mass is 9.85. The minimum Gasteiger partial charge on any atom is -0.486 e. The predicted molar refractivity (Wildman–Crippen MR) is 73.3 cm³/mol. The van der Waals surface area contributed by atoms with Gasteiger partial charge in [-0.05, 0) is 36.6 Å². The highest BCUT2D eigenvalue weighted by atomic mass is 16.6. The molecule has 0 radical (unpaired) electrons. The smallest absolute Gasteiger partial charge is 0.161 e. The van der Waals surface area contributed by atoms with Crippen LogP contribution < -0.4 is 14.8 Å². The van der Waals surface area contributed by atoms with Gasteiger partial charge in [-0.25, -0.2) is 0 Å². The van der Waals surface area contributed by atoms with Gasteiger partial charge in [0.15, 0.2) is 11.5 Å². The maximum Gasteiger partial charge on any atom is 0.161 e. The van der Waals surface area contributed by atoms with E-state index in [9.17, 15) is 0 Å². The van der Waals surface area contributed by atoms with Crippen LogP contribution in [0.5, 0.6) is 11.5 Å². The summed E-state index contributed by atoms with van der Waals surface area (Å²) < 4.78 is 11.2. The molecule has 1 aromatic rings. The van der Waals surface area contributed by atoms with E-state index in [0.29, 0.717) is 24.7 Å². The Morgan fingerprint density at radius 1 is 1.17 bits per heavy atom. The fourth-order valence-corrected chi connectivity index (χ4v) is 2.28. The second-order valence-corrected chi connectivity index (χ2v) is 6.01. The predicted octanol–water partition coefficient (Wildman–Crippen LogP) is 3.15. The molecule has 3 heteroatoms. The van der Waals surface area contributed by atoms with Crippen LogP contribution in [0.2, 0.25) is 0 Å². The lowest BCUT2D eigenvalue weighted by Gasteiger charge is -2.27. The first-order valence-electron chi connectivity index (χ1n) is 6.56. The Hall–Kier alpha value is -1.22. The average molecular weight is 249 g/mol. The minimum absolute atomic E-state index is 0.293. The topological polar surface area (TPSA) is 30.5 Å². The molecule has 2 rings (SSSR count). The molecule has 0 spiro atoms. The molecule has 1 aliphatic heterocycles. The number of ether oxygens (including phenoxy) is 2. The van der Waals surface area contributed by atoms with E-state index in [-0.39, 0.29) is 0 Å². The normalized spacial score (nSPS) is 16.4. The van der Waals surface area contributed by atoms with E-state index in [1.165, 1.54) is 5.56 Å². The second kappa shape index (κ2) is 5.19. The molecule has 0 saturated heterocycles. The van der Waals surface area contributed by atoms with E-state index >= 15 is 0 Å². The summed E-state index contributed by atoms with van der Waals surface area (Å²) in [5, 5.41) is 3.39. The number of hydrogen-bond acceptors (Lipinski definition) is 3. The van der Waals surface area contributed by atoms with Gasteiger partial charge in [-0.1, -0.05) is 26.8 Å². The summed E-state index contributed by atoms with van der Waals surface area (Å²) in [6, 6.07) is 6.58. The Kier molecular flexibility index (Phi) is 3.81. The molecular weight excluding hydrogens is 226 g/mol. The lowest BCUT2D eigenvalue weighted by Crippen LogP contribution is -2.23. The fraction of sp³-hybridized carbons (Fsp3) is 0.600. The molecule has 18 heavy (non-hydrogen) atoms. The first-order valence-corrected chi connectivity index (χ1v) is 6.56. The van der Waals surface area contributed by atoms with Crippen LogP contribution in [0.4, 0.5) is 0 Å². The Labute approximate surface area is 109 Å². The highest BCUT2D eigenvalue weighted by Gasteiger charge is 2.21. The Balaban J connectivity index is 2.21. The third kappa shape index (κ3) is 3.16. The largest absolute Gasteiger partial charge is 0.486 e. The summed E-state index contributed by atoms with van der Waals surface area (Å²) in [6.07, 6.45) is 1.09. The molecule has 1 atom stereocenters. The standard InChI is InChI=1S/C15H23NO2/c1-15(2,3)10-12(16-4)11-5-6-13-14(9-11)18-8-7-17-13/h5-6,9,12,16H,7-8,10H2,1-4H3. The van der Waals surface area contributed by atoms with Gasteiger partial charge in [-0.3, -0.25) is 0 Å². The van der Waals surface area contributed by atoms with E-state index in [1.807, 2.05) is 13.1 Å². The molecule has 100 valence electrons. The van der Waals surface area contributed by atoms with Crippen molar-refractivity contribution in [3.63, 3.8) is 0 Å². The molecule has 0 amide bonds. The van der Waals surface area contributed by atoms with Crippen molar-refractivity contribution in [2.24, 2.45) is 5.41 Å². The Morgan fingerprint density at radius 3 is 2.44 bits per heavy atom. The highest BCUT2D eigenvalue weighted by Crippen LogP contribution is 2.35. The summed E-state index contributed by atoms with van der Waals surface area (Å²) >= 11 is 0. The summed E-state index contributed by atoms with van der Waals surface area (Å²) in [5.74, 6) is 1.73. The van der Waals surface area contributed by atoms with Gasteiger partial charge in [0.05, 0.1) is 0 Å². The molecule has 3 nitrogen and oxygen atoms in total. The third-order valence-electron chi connectivity index (χ3n) is 3.13. The van der Waals surface area contributed by atoms with E-state index < -0.39 is 0 Å². The van der Waals surface area contributed by atoms with E-state index in [2.05, 4.69) is 38.2 Å². The van der Waals surface area contributed by atoms with Gasteiger partial charge in [0.1, 0.15) is 13.2 Å². The van der Waals surface area contributed by atoms with E-state index in [4.69, 9.17) is 9.47 Å². The van der Waals surface area contributed by atoms with Crippen molar-refractivity contribution in [3.05, 3.63) is 23.8 Å². The summed E-state index contributed by atoms with van der Waals surface area (Å²) in [5.41, 5.74) is 1.55. The molecule has 0 fully saturated rings. The SMILES string of the molecule is CNC(CC(C)(C)C)c1ccc2c(c1)OCCO2. The molecule has 1 heterocycles. The van der Waals surface area contributed by atoms with Crippen molar-refractivity contribution in [1.82, 2.24) is 5.32 Å². The summed E-state index contributed by atoms with van der Waals surface area (Å²) in [7, 11) is 2.01. The molecule has 0 aliphatic carbocycles. The zero-order valence-corrected chi connectivity index (χ0v) is 11.7. The summed E-state index contributed by atoms with van der Waals surface area (Å²) in [6.45, 7) is 8.06. The number of hydrogen-bond donors (Lipinski definition) is 1. The Morgan fingerprint density at radius 2 is 1.83 bits per heavy atom. The molecule has 0 aromatic heterocycles. The zero-order valence-electron chi connectivity index (χ0n) is 11.7. The first kappa shape index (κ1) is 13.2. The van der Waals surface area contributed by atoms with Gasteiger partial charge in [0.2, 0.25) is 0 Å². The minimum atomic E-state index is 0.293. The lowest BCUT2D eigenvalue weighted by molar-refractivity contribution is 0.171. The molecule has 1 aromatic carbocycles. The van der Waals surface area contributed by atoms with Crippen molar-refractivity contribution >= 4 is 0 Å². The average Bonchev–Trinajstić information content (AvgIpc) is 2.34. The molecule has 1 N–H and O–H groups in total. The van der Waals surface area contributed by atoms with E-state index in [1.54, 1.807) is 0 Å². The molecule has 0 bridgehead atoms. The van der Waals surface area contributed by atoms with E-state index in [0.717, 1.165) is 17.9 Å². The van der Waals surface area contributed by atoms with Crippen molar-refractivity contribution in [1.29, 1.82) is 0 Å². The molecular formula is C15H23NO2. The number of fused-ring (bicyclic) bond motifs is 1. The van der Waals surface area contributed by atoms with Crippen LogP contribution in [0, 0.1) is 5.41 Å². The van der Waals surface area contributed by atoms with Crippen LogP contribution in [0.25, 0.3) is 0 Å². The van der Waals surface area contributed by atoms with Crippen LogP contribution in [0.15, 0.2) is 18.2 Å². The summed E-state index contributed by atoms with van der Waals surface area (Å²) in [4.78, 5) is 0. The highest BCUT2D eigenvalue weighted by molar-refractivity contribution is 5.44. The van der Waals surface area contributed by atoms with Crippen LogP contribution in [0.1, 0.15) is 38.8 Å². The van der Waals surface area contributed by atoms with Crippen LogP contribution >= 0.6 is 0 Å². The quantitative estimate of drug-likeness (QED) is 0.892. The monoisotopic (exact) mass is 249 g/mol. The molecule has 0 saturated carbocycles. The van der Waals surface area contributed by atoms with Crippen LogP contribution in [0.3, 0.4) is 0 Å². The van der Waals surface area contributed by atoms with Crippen molar-refractivity contribution in [2.75, 3.05) is 20.3 Å². The fourth-order valence-electron chi connectivity index (χ4n) is 2.28. The number of nitrogens with one attached hydrogen (secondary N) is 1. The maximum atomic E-state index is 5.64. The van der Waals surface area contributed by atoms with Gasteiger partial charge in [0, 0.05) is 6.04 Å². The second-order valence-electron chi connectivity index (χ2n) is 6.01. The van der Waals surface area contributed by atoms with Crippen molar-refractivity contribution in [3.8, 4) is 11.5 Å². The van der Waals surface area contributed by atoms with Gasteiger partial charge in [-0.2, -0.15) is 0 Å². The van der Waals surface area contributed by atoms with Crippen LogP contribution in [-0.2, 0) is 0 Å². The van der Waals surface area contributed by atoms with Gasteiger partial charge in [0.25, 0.3) is 0 Å². The van der Waals surface area contributed by atoms with Gasteiger partial charge in [-0.15, -0.1) is 0 Å². The zero-order chi connectivity index (χ0) is 13.2. The third-order valence-corrected chi connectivity index (χ3v) is 3.13. The van der Waals surface area contributed by atoms with Gasteiger partial charge >= 0.3 is 0 Å². The van der Waals surface area contributed by atoms with Crippen molar-refractivity contribution in [2.45, 2.75) is 33.2 Å². The van der Waals surface area contributed by atoms with Gasteiger partial charge < -0.3 is 14.8 Å². The van der Waals surface area contributed by atoms with Crippen molar-refractivity contribution < 1.29 is 9.47 Å². The number of benzene rings is 1. The van der Waals surface area contributed by atoms with Crippen LogP contribution in [-0.4, -0.2) is 20.3 Å². The Bertz CT molecular complexity index is 409. The number of rotatable bonds is 3. The molecule has 1 unspecified atom stereocenters.